The fourth-order valence-electron chi connectivity index (χ4n) is 3.61. The van der Waals surface area contributed by atoms with E-state index in [-0.39, 0.29) is 12.3 Å². The molecule has 0 bridgehead atoms. The van der Waals surface area contributed by atoms with Gasteiger partial charge in [-0.2, -0.15) is 0 Å². The van der Waals surface area contributed by atoms with Crippen LogP contribution in [0, 0.1) is 0 Å². The summed E-state index contributed by atoms with van der Waals surface area (Å²) < 4.78 is 72.9. The predicted molar refractivity (Wildman–Crippen MR) is 104 cm³/mol. The molecular weight excluding hydrogens is 443 g/mol. The molecule has 2 atom stereocenters. The summed E-state index contributed by atoms with van der Waals surface area (Å²) in [7, 11) is -3.47. The first-order chi connectivity index (χ1) is 14.2. The summed E-state index contributed by atoms with van der Waals surface area (Å²) in [5, 5.41) is 8.24. The van der Waals surface area contributed by atoms with Crippen molar-refractivity contribution in [3.8, 4) is 0 Å². The van der Waals surface area contributed by atoms with Gasteiger partial charge in [0, 0.05) is 31.6 Å². The molecule has 0 saturated heterocycles. The zero-order valence-corrected chi connectivity index (χ0v) is 17.9. The molecule has 0 amide bonds. The van der Waals surface area contributed by atoms with Gasteiger partial charge in [-0.1, -0.05) is 0 Å². The van der Waals surface area contributed by atoms with E-state index in [1.807, 2.05) is 0 Å². The molecule has 0 spiro atoms. The lowest BCUT2D eigenvalue weighted by Crippen LogP contribution is -2.69. The van der Waals surface area contributed by atoms with Crippen molar-refractivity contribution in [1.29, 1.82) is 0 Å². The maximum absolute atomic E-state index is 14.4. The standard InChI is InChI=1S/C13H19F3N2O4S.C5H5NO2/c1-4-22-10(19)13(9(14)5-6-18(13)3)23(20,21)17-11(2)7-12(15,16)8-11;7-5(8)4-2-1-3-6-4/h5-6,9,17H,4,7-8H2,1-3H3;1-3,6H,(H,7,8). The van der Waals surface area contributed by atoms with E-state index in [0.29, 0.717) is 0 Å². The van der Waals surface area contributed by atoms with E-state index in [1.165, 1.54) is 27.0 Å². The lowest BCUT2D eigenvalue weighted by atomic mass is 9.76. The summed E-state index contributed by atoms with van der Waals surface area (Å²) in [6.07, 6.45) is -0.0258. The third kappa shape index (κ3) is 4.71. The zero-order chi connectivity index (χ0) is 23.7. The van der Waals surface area contributed by atoms with E-state index in [9.17, 15) is 31.2 Å². The van der Waals surface area contributed by atoms with Crippen molar-refractivity contribution in [1.82, 2.24) is 14.6 Å². The quantitative estimate of drug-likeness (QED) is 0.545. The molecule has 1 aromatic heterocycles. The zero-order valence-electron chi connectivity index (χ0n) is 17.1. The van der Waals surface area contributed by atoms with Crippen LogP contribution >= 0.6 is 0 Å². The van der Waals surface area contributed by atoms with E-state index in [2.05, 4.69) is 9.71 Å². The van der Waals surface area contributed by atoms with Gasteiger partial charge in [0.25, 0.3) is 20.8 Å². The number of hydrogen-bond donors (Lipinski definition) is 3. The number of nitrogens with zero attached hydrogens (tertiary/aromatic N) is 1. The van der Waals surface area contributed by atoms with Crippen LogP contribution in [0.2, 0.25) is 0 Å². The van der Waals surface area contributed by atoms with Crippen LogP contribution in [0.15, 0.2) is 30.6 Å². The number of aromatic amines is 1. The maximum Gasteiger partial charge on any atom is 0.353 e. The number of aromatic nitrogens is 1. The predicted octanol–water partition coefficient (Wildman–Crippen LogP) is 1.86. The topological polar surface area (TPSA) is 129 Å². The van der Waals surface area contributed by atoms with Gasteiger partial charge < -0.3 is 19.7 Å². The summed E-state index contributed by atoms with van der Waals surface area (Å²) in [5.41, 5.74) is -1.21. The minimum atomic E-state index is -4.68. The fourth-order valence-corrected chi connectivity index (χ4v) is 5.65. The van der Waals surface area contributed by atoms with Crippen molar-refractivity contribution in [3.63, 3.8) is 0 Å². The average molecular weight is 467 g/mol. The smallest absolute Gasteiger partial charge is 0.353 e. The van der Waals surface area contributed by atoms with Gasteiger partial charge in [-0.05, 0) is 38.3 Å². The number of alkyl halides is 3. The highest BCUT2D eigenvalue weighted by Crippen LogP contribution is 2.47. The Kier molecular flexibility index (Phi) is 6.81. The molecule has 31 heavy (non-hydrogen) atoms. The van der Waals surface area contributed by atoms with E-state index < -0.39 is 57.3 Å². The number of ether oxygens (including phenoxy) is 1. The Morgan fingerprint density at radius 2 is 2.00 bits per heavy atom. The van der Waals surface area contributed by atoms with Crippen molar-refractivity contribution in [3.05, 3.63) is 36.3 Å². The van der Waals surface area contributed by atoms with E-state index in [1.54, 1.807) is 12.3 Å². The van der Waals surface area contributed by atoms with Gasteiger partial charge in [-0.25, -0.2) is 35.9 Å². The second-order valence-corrected chi connectivity index (χ2v) is 9.37. The molecule has 0 aromatic carbocycles. The third-order valence-corrected chi connectivity index (χ3v) is 7.12. The fraction of sp³-hybridized carbons (Fsp3) is 0.556. The molecule has 3 N–H and O–H groups in total. The molecule has 174 valence electrons. The maximum atomic E-state index is 14.4. The Morgan fingerprint density at radius 3 is 2.35 bits per heavy atom. The number of aromatic carboxylic acids is 1. The number of carboxylic acids is 1. The summed E-state index contributed by atoms with van der Waals surface area (Å²) in [4.78, 5) is 23.0. The molecule has 1 fully saturated rings. The van der Waals surface area contributed by atoms with E-state index in [0.717, 1.165) is 17.2 Å². The number of carbonyl (C=O) groups is 2. The highest BCUT2D eigenvalue weighted by molar-refractivity contribution is 7.91. The van der Waals surface area contributed by atoms with Crippen molar-refractivity contribution in [2.45, 2.75) is 49.2 Å². The number of H-pyrrole nitrogens is 1. The van der Waals surface area contributed by atoms with E-state index >= 15 is 0 Å². The number of nitrogens with one attached hydrogen (secondary N) is 2. The van der Waals surface area contributed by atoms with Crippen LogP contribution in [-0.4, -0.2) is 71.5 Å². The molecule has 1 aliphatic heterocycles. The van der Waals surface area contributed by atoms with Crippen LogP contribution in [0.4, 0.5) is 13.2 Å². The van der Waals surface area contributed by atoms with Gasteiger partial charge in [0.1, 0.15) is 5.69 Å². The minimum absolute atomic E-state index is 0.147. The number of rotatable bonds is 6. The van der Waals surface area contributed by atoms with Gasteiger partial charge in [0.15, 0.2) is 6.17 Å². The average Bonchev–Trinajstić information content (AvgIpc) is 3.22. The third-order valence-electron chi connectivity index (χ3n) is 4.86. The molecule has 13 heteroatoms. The Bertz CT molecular complexity index is 929. The van der Waals surface area contributed by atoms with Crippen molar-refractivity contribution in [2.75, 3.05) is 13.7 Å². The van der Waals surface area contributed by atoms with Crippen LogP contribution < -0.4 is 4.72 Å². The molecule has 9 nitrogen and oxygen atoms in total. The van der Waals surface area contributed by atoms with Crippen molar-refractivity contribution < 1.29 is 41.0 Å². The van der Waals surface area contributed by atoms with Crippen LogP contribution in [-0.2, 0) is 19.6 Å². The van der Waals surface area contributed by atoms with E-state index in [4.69, 9.17) is 9.84 Å². The molecule has 2 heterocycles. The van der Waals surface area contributed by atoms with Crippen molar-refractivity contribution in [2.24, 2.45) is 0 Å². The second kappa shape index (κ2) is 8.54. The summed E-state index contributed by atoms with van der Waals surface area (Å²) >= 11 is 0. The normalized spacial score (nSPS) is 25.9. The lowest BCUT2D eigenvalue weighted by Gasteiger charge is -2.47. The summed E-state index contributed by atoms with van der Waals surface area (Å²) in [5.74, 6) is -5.19. The van der Waals surface area contributed by atoms with Crippen LogP contribution in [0.25, 0.3) is 0 Å². The number of halogens is 3. The molecular formula is C18H24F3N3O6S. The molecule has 1 aliphatic carbocycles. The molecule has 0 radical (unpaired) electrons. The first-order valence-electron chi connectivity index (χ1n) is 9.21. The molecule has 2 aliphatic rings. The number of sulfonamides is 1. The van der Waals surface area contributed by atoms with Crippen molar-refractivity contribution >= 4 is 22.0 Å². The van der Waals surface area contributed by atoms with Gasteiger partial charge in [-0.3, -0.25) is 0 Å². The number of carboxylic acid groups (broad SMARTS) is 1. The first kappa shape index (κ1) is 24.7. The molecule has 1 saturated carbocycles. The largest absolute Gasteiger partial charge is 0.477 e. The lowest BCUT2D eigenvalue weighted by molar-refractivity contribution is -0.151. The van der Waals surface area contributed by atoms with Crippen LogP contribution in [0.5, 0.6) is 0 Å². The van der Waals surface area contributed by atoms with Gasteiger partial charge in [0.2, 0.25) is 0 Å². The first-order valence-corrected chi connectivity index (χ1v) is 10.7. The second-order valence-electron chi connectivity index (χ2n) is 7.54. The summed E-state index contributed by atoms with van der Waals surface area (Å²) in [6.45, 7) is 2.59. The van der Waals surface area contributed by atoms with Gasteiger partial charge in [-0.15, -0.1) is 0 Å². The van der Waals surface area contributed by atoms with Gasteiger partial charge >= 0.3 is 11.9 Å². The summed E-state index contributed by atoms with van der Waals surface area (Å²) in [6, 6.07) is 3.14. The number of esters is 1. The van der Waals surface area contributed by atoms with Crippen LogP contribution in [0.3, 0.4) is 0 Å². The monoisotopic (exact) mass is 467 g/mol. The van der Waals surface area contributed by atoms with Gasteiger partial charge in [0.05, 0.1) is 6.61 Å². The number of carbonyl (C=O) groups excluding carboxylic acids is 1. The highest BCUT2D eigenvalue weighted by atomic mass is 32.2. The minimum Gasteiger partial charge on any atom is -0.477 e. The molecule has 2 unspecified atom stereocenters. The molecule has 1 aromatic rings. The Balaban J connectivity index is 0.000000357. The van der Waals surface area contributed by atoms with Crippen LogP contribution in [0.1, 0.15) is 37.2 Å². The Morgan fingerprint density at radius 1 is 1.39 bits per heavy atom. The Labute approximate surface area is 177 Å². The SMILES string of the molecule is CCOC(=O)C1(S(=O)(=O)NC2(C)CC(F)(F)C2)C(F)C=CN1C.O=C(O)c1ccc[nH]1. The highest BCUT2D eigenvalue weighted by Gasteiger charge is 2.66. The Hall–Kier alpha value is -2.54. The molecule has 3 rings (SSSR count). The number of likely N-dealkylation sites (N-methyl/N-ethyl adjacent to an activating group) is 1. The number of hydrogen-bond acceptors (Lipinski definition) is 6.